The molecule has 1 N–H and O–H groups in total. The van der Waals surface area contributed by atoms with Crippen molar-refractivity contribution >= 4 is 13.8 Å². The molecule has 2 aromatic rings. The van der Waals surface area contributed by atoms with Gasteiger partial charge in [0, 0.05) is 13.1 Å². The normalized spacial score (nSPS) is 13.7. The van der Waals surface area contributed by atoms with Gasteiger partial charge in [0.25, 0.3) is 0 Å². The van der Waals surface area contributed by atoms with Crippen LogP contribution in [0.4, 0.5) is 25.2 Å². The number of aryl methyl sites for hydroxylation is 1. The third kappa shape index (κ3) is 16.1. The van der Waals surface area contributed by atoms with Crippen molar-refractivity contribution in [3.8, 4) is 0 Å². The van der Waals surface area contributed by atoms with E-state index in [2.05, 4.69) is 17.4 Å². The number of nitrogens with one attached hydrogen (secondary N) is 1. The van der Waals surface area contributed by atoms with Crippen LogP contribution in [0.3, 0.4) is 0 Å². The average Bonchev–Trinajstić information content (AvgIpc) is 2.95. The average molecular weight is 433 g/mol. The summed E-state index contributed by atoms with van der Waals surface area (Å²) in [7, 11) is -8.70. The van der Waals surface area contributed by atoms with E-state index in [9.17, 15) is 30.0 Å². The first-order valence-electron chi connectivity index (χ1n) is 8.17. The van der Waals surface area contributed by atoms with Crippen LogP contribution in [0, 0.1) is 0 Å². The van der Waals surface area contributed by atoms with Gasteiger partial charge in [-0.3, -0.25) is 4.79 Å². The summed E-state index contributed by atoms with van der Waals surface area (Å²) < 4.78 is 68.3. The number of carbonyl (C=O) groups is 1. The standard InChI is InChI=1S/C16H22N3O2.F6P/c1-18-9-10-19(14-18)11-12-21-16(20)7-8-17-13-15-5-3-2-4-6-15;1-7(2,3,4,5)6/h2-6,9-10,14,17H,7-8,11-13H2,1H3;/q+1;-1. The van der Waals surface area contributed by atoms with Crippen molar-refractivity contribution in [1.29, 1.82) is 0 Å². The molecule has 1 heterocycles. The van der Waals surface area contributed by atoms with Gasteiger partial charge < -0.3 is 10.1 Å². The predicted octanol–water partition coefficient (Wildman–Crippen LogP) is 4.42. The number of benzene rings is 1. The number of ether oxygens (including phenoxy) is 1. The van der Waals surface area contributed by atoms with Crippen molar-refractivity contribution in [2.24, 2.45) is 7.05 Å². The molecule has 0 saturated carbocycles. The van der Waals surface area contributed by atoms with Gasteiger partial charge in [0.15, 0.2) is 0 Å². The van der Waals surface area contributed by atoms with Gasteiger partial charge in [0.05, 0.1) is 13.5 Å². The second kappa shape index (κ2) is 8.91. The molecule has 1 aromatic heterocycles. The van der Waals surface area contributed by atoms with Gasteiger partial charge in [0.2, 0.25) is 6.33 Å². The zero-order valence-electron chi connectivity index (χ0n) is 15.1. The summed E-state index contributed by atoms with van der Waals surface area (Å²) in [5.74, 6) is -0.160. The zero-order chi connectivity index (χ0) is 21.3. The molecule has 160 valence electrons. The Morgan fingerprint density at radius 1 is 1.14 bits per heavy atom. The fourth-order valence-corrected chi connectivity index (χ4v) is 1.99. The molecule has 1 aromatic carbocycles. The summed E-state index contributed by atoms with van der Waals surface area (Å²) in [6, 6.07) is 10.1. The molecule has 0 spiro atoms. The van der Waals surface area contributed by atoms with Crippen molar-refractivity contribution in [2.75, 3.05) is 13.2 Å². The molecule has 28 heavy (non-hydrogen) atoms. The number of hydrogen-bond acceptors (Lipinski definition) is 3. The minimum absolute atomic E-state index is 0.160. The van der Waals surface area contributed by atoms with Crippen molar-refractivity contribution in [2.45, 2.75) is 19.5 Å². The molecule has 12 heteroatoms. The van der Waals surface area contributed by atoms with Crippen molar-refractivity contribution < 1.29 is 39.3 Å². The fraction of sp³-hybridized carbons (Fsp3) is 0.375. The van der Waals surface area contributed by atoms with Gasteiger partial charge in [-0.25, -0.2) is 9.13 Å². The number of rotatable bonds is 8. The quantitative estimate of drug-likeness (QED) is 0.221. The molecule has 0 atom stereocenters. The first-order chi connectivity index (χ1) is 12.7. The summed E-state index contributed by atoms with van der Waals surface area (Å²) in [5, 5.41) is 3.23. The summed E-state index contributed by atoms with van der Waals surface area (Å²) in [6.45, 7) is 2.50. The van der Waals surface area contributed by atoms with Crippen LogP contribution >= 0.6 is 7.81 Å². The summed E-state index contributed by atoms with van der Waals surface area (Å²) in [6.07, 6.45) is 6.26. The second-order valence-corrected chi connectivity index (χ2v) is 7.82. The van der Waals surface area contributed by atoms with E-state index in [4.69, 9.17) is 4.74 Å². The topological polar surface area (TPSA) is 47.1 Å². The zero-order valence-corrected chi connectivity index (χ0v) is 16.0. The Kier molecular flexibility index (Phi) is 7.61. The molecule has 0 aliphatic heterocycles. The molecule has 0 bridgehead atoms. The molecule has 0 aliphatic carbocycles. The molecule has 5 nitrogen and oxygen atoms in total. The van der Waals surface area contributed by atoms with Gasteiger partial charge >= 0.3 is 39.0 Å². The minimum atomic E-state index is -10.7. The fourth-order valence-electron chi connectivity index (χ4n) is 1.99. The Morgan fingerprint density at radius 3 is 2.29 bits per heavy atom. The number of aromatic nitrogens is 2. The van der Waals surface area contributed by atoms with Crippen molar-refractivity contribution in [3.05, 3.63) is 54.6 Å². The van der Waals surface area contributed by atoms with Crippen LogP contribution < -0.4 is 9.88 Å². The number of hydrogen-bond donors (Lipinski definition) is 1. The van der Waals surface area contributed by atoms with Gasteiger partial charge in [0.1, 0.15) is 25.5 Å². The molecule has 0 fully saturated rings. The van der Waals surface area contributed by atoms with E-state index in [1.165, 1.54) is 5.56 Å². The number of halogens is 6. The van der Waals surface area contributed by atoms with Gasteiger partial charge in [-0.2, -0.15) is 0 Å². The molecule has 0 unspecified atom stereocenters. The van der Waals surface area contributed by atoms with Gasteiger partial charge in [-0.15, -0.1) is 0 Å². The first kappa shape index (κ1) is 23.9. The third-order valence-corrected chi connectivity index (χ3v) is 3.11. The Bertz CT molecular complexity index is 739. The molecular weight excluding hydrogens is 411 g/mol. The van der Waals surface area contributed by atoms with E-state index in [1.807, 2.05) is 53.1 Å². The monoisotopic (exact) mass is 433 g/mol. The summed E-state index contributed by atoms with van der Waals surface area (Å²) in [5.41, 5.74) is 1.21. The van der Waals surface area contributed by atoms with Crippen LogP contribution in [0.15, 0.2) is 49.1 Å². The van der Waals surface area contributed by atoms with E-state index >= 15 is 0 Å². The summed E-state index contributed by atoms with van der Waals surface area (Å²) >= 11 is 0. The first-order valence-corrected chi connectivity index (χ1v) is 10.2. The molecule has 0 amide bonds. The maximum absolute atomic E-state index is 11.6. The number of imidazole rings is 1. The number of esters is 1. The molecular formula is C16H22F6N3O2P. The van der Waals surface area contributed by atoms with Gasteiger partial charge in [-0.05, 0) is 5.56 Å². The molecule has 0 saturated heterocycles. The Morgan fingerprint density at radius 2 is 1.75 bits per heavy atom. The van der Waals surface area contributed by atoms with E-state index in [-0.39, 0.29) is 5.97 Å². The molecule has 2 rings (SSSR count). The van der Waals surface area contributed by atoms with Gasteiger partial charge in [-0.1, -0.05) is 30.3 Å². The maximum atomic E-state index is 11.6. The van der Waals surface area contributed by atoms with E-state index in [1.54, 1.807) is 0 Å². The Labute approximate surface area is 158 Å². The van der Waals surface area contributed by atoms with Crippen LogP contribution in [0.2, 0.25) is 0 Å². The van der Waals surface area contributed by atoms with Crippen molar-refractivity contribution in [1.82, 2.24) is 9.88 Å². The Hall–Kier alpha value is -2.13. The van der Waals surface area contributed by atoms with Crippen LogP contribution in [-0.2, 0) is 29.7 Å². The SMILES string of the molecule is C[n+]1ccn(CCOC(=O)CCNCc2ccccc2)c1.F[P-](F)(F)(F)(F)F. The van der Waals surface area contributed by atoms with Crippen LogP contribution in [0.25, 0.3) is 0 Å². The number of nitrogens with zero attached hydrogens (tertiary/aromatic N) is 2. The van der Waals surface area contributed by atoms with E-state index in [0.29, 0.717) is 26.1 Å². The predicted molar refractivity (Wildman–Crippen MR) is 92.9 cm³/mol. The third-order valence-electron chi connectivity index (χ3n) is 3.11. The summed E-state index contributed by atoms with van der Waals surface area (Å²) in [4.78, 5) is 11.6. The van der Waals surface area contributed by atoms with Crippen LogP contribution in [-0.4, -0.2) is 23.7 Å². The molecule has 0 radical (unpaired) electrons. The van der Waals surface area contributed by atoms with E-state index < -0.39 is 7.81 Å². The molecule has 0 aliphatic rings. The van der Waals surface area contributed by atoms with E-state index in [0.717, 1.165) is 6.54 Å². The van der Waals surface area contributed by atoms with Crippen LogP contribution in [0.1, 0.15) is 12.0 Å². The second-order valence-electron chi connectivity index (χ2n) is 5.91. The Balaban J connectivity index is 0.000000480. The van der Waals surface area contributed by atoms with Crippen molar-refractivity contribution in [3.63, 3.8) is 0 Å². The van der Waals surface area contributed by atoms with Crippen LogP contribution in [0.5, 0.6) is 0 Å². The number of carbonyl (C=O) groups excluding carboxylic acids is 1.